The highest BCUT2D eigenvalue weighted by Gasteiger charge is 2.14. The van der Waals surface area contributed by atoms with Crippen LogP contribution in [0.4, 0.5) is 0 Å². The molecule has 0 radical (unpaired) electrons. The van der Waals surface area contributed by atoms with Gasteiger partial charge in [-0.1, -0.05) is 45.0 Å². The van der Waals surface area contributed by atoms with Gasteiger partial charge in [-0.25, -0.2) is 0 Å². The maximum absolute atomic E-state index is 3.40. The Balaban J connectivity index is 2.08. The molecule has 2 nitrogen and oxygen atoms in total. The molecule has 1 heterocycles. The van der Waals surface area contributed by atoms with Gasteiger partial charge in [0.2, 0.25) is 0 Å². The smallest absolute Gasteiger partial charge is 0.0470 e. The van der Waals surface area contributed by atoms with E-state index in [1.807, 2.05) is 7.05 Å². The van der Waals surface area contributed by atoms with E-state index in [9.17, 15) is 0 Å². The topological polar surface area (TPSA) is 17.0 Å². The van der Waals surface area contributed by atoms with E-state index in [4.69, 9.17) is 0 Å². The fraction of sp³-hybridized carbons (Fsp3) is 0.444. The van der Waals surface area contributed by atoms with Crippen LogP contribution >= 0.6 is 0 Å². The summed E-state index contributed by atoms with van der Waals surface area (Å²) in [5.74, 6) is 0.597. The fourth-order valence-electron chi connectivity index (χ4n) is 2.72. The molecule has 0 aliphatic carbocycles. The van der Waals surface area contributed by atoms with Crippen molar-refractivity contribution in [3.63, 3.8) is 0 Å². The number of aryl methyl sites for hydroxylation is 1. The van der Waals surface area contributed by atoms with E-state index < -0.39 is 0 Å². The molecule has 1 aromatic carbocycles. The Bertz CT molecular complexity index is 523. The zero-order valence-electron chi connectivity index (χ0n) is 13.1. The molecule has 0 amide bonds. The van der Waals surface area contributed by atoms with E-state index in [0.29, 0.717) is 12.0 Å². The molecular formula is C18H26N2. The van der Waals surface area contributed by atoms with Crippen LogP contribution in [0.25, 0.3) is 0 Å². The first-order chi connectivity index (χ1) is 9.63. The van der Waals surface area contributed by atoms with E-state index in [1.54, 1.807) is 0 Å². The van der Waals surface area contributed by atoms with E-state index in [2.05, 4.69) is 73.4 Å². The number of rotatable bonds is 6. The van der Waals surface area contributed by atoms with E-state index in [-0.39, 0.29) is 0 Å². The Kier molecular flexibility index (Phi) is 5.02. The monoisotopic (exact) mass is 270 g/mol. The second-order valence-electron chi connectivity index (χ2n) is 5.80. The Morgan fingerprint density at radius 1 is 1.05 bits per heavy atom. The predicted molar refractivity (Wildman–Crippen MR) is 86.0 cm³/mol. The van der Waals surface area contributed by atoms with Crippen molar-refractivity contribution in [1.82, 2.24) is 9.88 Å². The Labute approximate surface area is 122 Å². The first-order valence-electron chi connectivity index (χ1n) is 7.54. The van der Waals surface area contributed by atoms with Gasteiger partial charge in [-0.2, -0.15) is 0 Å². The third kappa shape index (κ3) is 3.51. The van der Waals surface area contributed by atoms with Gasteiger partial charge in [-0.3, -0.25) is 0 Å². The Hall–Kier alpha value is -1.54. The summed E-state index contributed by atoms with van der Waals surface area (Å²) >= 11 is 0. The molecule has 2 aromatic rings. The van der Waals surface area contributed by atoms with Crippen molar-refractivity contribution < 1.29 is 0 Å². The molecule has 1 atom stereocenters. The van der Waals surface area contributed by atoms with Crippen LogP contribution in [0, 0.1) is 5.92 Å². The van der Waals surface area contributed by atoms with Crippen molar-refractivity contribution in [3.05, 3.63) is 59.4 Å². The molecule has 0 fully saturated rings. The summed E-state index contributed by atoms with van der Waals surface area (Å²) in [4.78, 5) is 0. The highest BCUT2D eigenvalue weighted by Crippen LogP contribution is 2.21. The number of hydrogen-bond acceptors (Lipinski definition) is 1. The summed E-state index contributed by atoms with van der Waals surface area (Å²) in [6.07, 6.45) is 5.54. The second-order valence-corrected chi connectivity index (χ2v) is 5.80. The molecule has 2 rings (SSSR count). The molecule has 0 saturated heterocycles. The number of hydrogen-bond donors (Lipinski definition) is 1. The van der Waals surface area contributed by atoms with Gasteiger partial charge in [0.25, 0.3) is 0 Å². The van der Waals surface area contributed by atoms with Crippen molar-refractivity contribution in [2.75, 3.05) is 7.05 Å². The minimum Gasteiger partial charge on any atom is -0.350 e. The third-order valence-electron chi connectivity index (χ3n) is 3.91. The van der Waals surface area contributed by atoms with Crippen LogP contribution in [0.2, 0.25) is 0 Å². The van der Waals surface area contributed by atoms with Crippen molar-refractivity contribution in [3.8, 4) is 0 Å². The number of nitrogens with one attached hydrogen (secondary N) is 1. The number of benzene rings is 1. The zero-order chi connectivity index (χ0) is 14.5. The first kappa shape index (κ1) is 14.9. The largest absolute Gasteiger partial charge is 0.350 e. The van der Waals surface area contributed by atoms with Gasteiger partial charge in [0.05, 0.1) is 0 Å². The molecule has 0 aliphatic rings. The molecule has 0 bridgehead atoms. The van der Waals surface area contributed by atoms with Crippen molar-refractivity contribution in [2.45, 2.75) is 39.8 Å². The third-order valence-corrected chi connectivity index (χ3v) is 3.91. The zero-order valence-corrected chi connectivity index (χ0v) is 13.1. The average Bonchev–Trinajstić information content (AvgIpc) is 2.88. The maximum atomic E-state index is 3.40. The van der Waals surface area contributed by atoms with Crippen LogP contribution in [-0.4, -0.2) is 11.6 Å². The summed E-state index contributed by atoms with van der Waals surface area (Å²) in [5, 5.41) is 3.40. The molecule has 20 heavy (non-hydrogen) atoms. The lowest BCUT2D eigenvalue weighted by atomic mass is 9.99. The molecule has 0 saturated carbocycles. The SMILES string of the molecule is CCc1ccc(Cn2ccc(C(NC)C(C)C)c2)cc1. The molecule has 1 aromatic heterocycles. The summed E-state index contributed by atoms with van der Waals surface area (Å²) in [6.45, 7) is 7.64. The minimum absolute atomic E-state index is 0.429. The second kappa shape index (κ2) is 6.76. The van der Waals surface area contributed by atoms with E-state index >= 15 is 0 Å². The van der Waals surface area contributed by atoms with Crippen molar-refractivity contribution >= 4 is 0 Å². The van der Waals surface area contributed by atoms with Crippen LogP contribution in [0.1, 0.15) is 43.5 Å². The van der Waals surface area contributed by atoms with Gasteiger partial charge in [0.15, 0.2) is 0 Å². The molecule has 108 valence electrons. The Morgan fingerprint density at radius 2 is 1.70 bits per heavy atom. The van der Waals surface area contributed by atoms with Gasteiger partial charge in [-0.05, 0) is 42.1 Å². The van der Waals surface area contributed by atoms with Crippen molar-refractivity contribution in [2.24, 2.45) is 5.92 Å². The molecular weight excluding hydrogens is 244 g/mol. The molecule has 1 unspecified atom stereocenters. The van der Waals surface area contributed by atoms with Gasteiger partial charge < -0.3 is 9.88 Å². The molecule has 1 N–H and O–H groups in total. The summed E-state index contributed by atoms with van der Waals surface area (Å²) in [5.41, 5.74) is 4.12. The predicted octanol–water partition coefficient (Wildman–Crippen LogP) is 4.02. The summed E-state index contributed by atoms with van der Waals surface area (Å²) in [7, 11) is 2.03. The lowest BCUT2D eigenvalue weighted by Gasteiger charge is -2.18. The quantitative estimate of drug-likeness (QED) is 0.839. The highest BCUT2D eigenvalue weighted by molar-refractivity contribution is 5.24. The van der Waals surface area contributed by atoms with Crippen LogP contribution < -0.4 is 5.32 Å². The van der Waals surface area contributed by atoms with Crippen molar-refractivity contribution in [1.29, 1.82) is 0 Å². The lowest BCUT2D eigenvalue weighted by molar-refractivity contribution is 0.443. The van der Waals surface area contributed by atoms with Crippen LogP contribution in [-0.2, 0) is 13.0 Å². The number of nitrogens with zero attached hydrogens (tertiary/aromatic N) is 1. The first-order valence-corrected chi connectivity index (χ1v) is 7.54. The average molecular weight is 270 g/mol. The fourth-order valence-corrected chi connectivity index (χ4v) is 2.72. The van der Waals surface area contributed by atoms with Gasteiger partial charge in [0.1, 0.15) is 0 Å². The van der Waals surface area contributed by atoms with E-state index in [1.165, 1.54) is 16.7 Å². The van der Waals surface area contributed by atoms with Gasteiger partial charge >= 0.3 is 0 Å². The standard InChI is InChI=1S/C18H26N2/c1-5-15-6-8-16(9-7-15)12-20-11-10-17(13-20)18(19-4)14(2)3/h6-11,13-14,18-19H,5,12H2,1-4H3. The minimum atomic E-state index is 0.429. The molecule has 0 spiro atoms. The van der Waals surface area contributed by atoms with E-state index in [0.717, 1.165) is 13.0 Å². The highest BCUT2D eigenvalue weighted by atomic mass is 15.0. The summed E-state index contributed by atoms with van der Waals surface area (Å²) in [6, 6.07) is 11.6. The van der Waals surface area contributed by atoms with Gasteiger partial charge in [-0.15, -0.1) is 0 Å². The van der Waals surface area contributed by atoms with Gasteiger partial charge in [0, 0.05) is 25.0 Å². The molecule has 2 heteroatoms. The normalized spacial score (nSPS) is 12.8. The maximum Gasteiger partial charge on any atom is 0.0470 e. The van der Waals surface area contributed by atoms with Crippen LogP contribution in [0.15, 0.2) is 42.7 Å². The summed E-state index contributed by atoms with van der Waals surface area (Å²) < 4.78 is 2.27. The lowest BCUT2D eigenvalue weighted by Crippen LogP contribution is -2.21. The number of aromatic nitrogens is 1. The van der Waals surface area contributed by atoms with Crippen LogP contribution in [0.5, 0.6) is 0 Å². The Morgan fingerprint density at radius 3 is 2.25 bits per heavy atom. The molecule has 0 aliphatic heterocycles. The van der Waals surface area contributed by atoms with Crippen LogP contribution in [0.3, 0.4) is 0 Å².